The van der Waals surface area contributed by atoms with Crippen LogP contribution >= 0.6 is 11.6 Å². The van der Waals surface area contributed by atoms with Gasteiger partial charge in [-0.3, -0.25) is 0 Å². The first-order chi connectivity index (χ1) is 7.88. The van der Waals surface area contributed by atoms with Gasteiger partial charge >= 0.3 is 5.97 Å². The van der Waals surface area contributed by atoms with Gasteiger partial charge in [-0.05, 0) is 24.6 Å². The van der Waals surface area contributed by atoms with Gasteiger partial charge in [0, 0.05) is 6.54 Å². The monoisotopic (exact) mass is 277 g/mol. The topological polar surface area (TPSA) is 83.5 Å². The van der Waals surface area contributed by atoms with E-state index in [0.717, 1.165) is 6.07 Å². The lowest BCUT2D eigenvalue weighted by molar-refractivity contribution is 0.0697. The Bertz CT molecular complexity index is 527. The molecule has 0 aliphatic heterocycles. The lowest BCUT2D eigenvalue weighted by Gasteiger charge is -2.06. The van der Waals surface area contributed by atoms with Crippen molar-refractivity contribution in [3.8, 4) is 0 Å². The maximum atomic E-state index is 11.7. The molecule has 0 aromatic heterocycles. The van der Waals surface area contributed by atoms with Gasteiger partial charge in [0.25, 0.3) is 0 Å². The Labute approximate surface area is 104 Å². The number of sulfonamides is 1. The first-order valence-corrected chi connectivity index (χ1v) is 6.77. The Morgan fingerprint density at radius 1 is 1.47 bits per heavy atom. The average Bonchev–Trinajstić information content (AvgIpc) is 2.25. The second-order valence-corrected chi connectivity index (χ2v) is 5.52. The first-order valence-electron chi connectivity index (χ1n) is 4.91. The molecule has 1 aromatic rings. The van der Waals surface area contributed by atoms with Crippen molar-refractivity contribution in [2.24, 2.45) is 0 Å². The molecule has 0 radical (unpaired) electrons. The third kappa shape index (κ3) is 3.42. The van der Waals surface area contributed by atoms with Crippen LogP contribution in [0.5, 0.6) is 0 Å². The van der Waals surface area contributed by atoms with Gasteiger partial charge in [-0.15, -0.1) is 0 Å². The number of carbonyl (C=O) groups is 1. The van der Waals surface area contributed by atoms with Crippen molar-refractivity contribution in [3.63, 3.8) is 0 Å². The fraction of sp³-hybridized carbons (Fsp3) is 0.300. The Hall–Kier alpha value is -1.11. The molecule has 2 N–H and O–H groups in total. The molecule has 0 heterocycles. The van der Waals surface area contributed by atoms with E-state index in [0.29, 0.717) is 13.0 Å². The van der Waals surface area contributed by atoms with Gasteiger partial charge < -0.3 is 5.11 Å². The Balaban J connectivity index is 3.09. The molecule has 0 fully saturated rings. The zero-order valence-electron chi connectivity index (χ0n) is 9.10. The molecule has 94 valence electrons. The number of aromatic carboxylic acids is 1. The summed E-state index contributed by atoms with van der Waals surface area (Å²) in [4.78, 5) is 10.7. The summed E-state index contributed by atoms with van der Waals surface area (Å²) < 4.78 is 25.8. The van der Waals surface area contributed by atoms with Crippen LogP contribution in [0.4, 0.5) is 0 Å². The summed E-state index contributed by atoms with van der Waals surface area (Å²) in [6.07, 6.45) is 0.667. The minimum absolute atomic E-state index is 0.0408. The van der Waals surface area contributed by atoms with Gasteiger partial charge in [-0.2, -0.15) is 0 Å². The molecular weight excluding hydrogens is 266 g/mol. The number of carboxylic acids is 1. The number of hydrogen-bond acceptors (Lipinski definition) is 3. The first kappa shape index (κ1) is 14.0. The summed E-state index contributed by atoms with van der Waals surface area (Å²) in [6.45, 7) is 2.16. The number of benzene rings is 1. The van der Waals surface area contributed by atoms with E-state index in [1.807, 2.05) is 6.92 Å². The molecule has 0 saturated heterocycles. The Kier molecular flexibility index (Phi) is 4.50. The number of halogens is 1. The van der Waals surface area contributed by atoms with Crippen LogP contribution in [-0.4, -0.2) is 26.0 Å². The normalized spacial score (nSPS) is 11.4. The van der Waals surface area contributed by atoms with Crippen molar-refractivity contribution in [1.29, 1.82) is 0 Å². The van der Waals surface area contributed by atoms with E-state index in [1.54, 1.807) is 0 Å². The molecule has 0 amide bonds. The van der Waals surface area contributed by atoms with E-state index in [-0.39, 0.29) is 15.5 Å². The van der Waals surface area contributed by atoms with E-state index in [2.05, 4.69) is 4.72 Å². The van der Waals surface area contributed by atoms with Crippen molar-refractivity contribution in [3.05, 3.63) is 28.8 Å². The number of carboxylic acid groups (broad SMARTS) is 1. The van der Waals surface area contributed by atoms with E-state index in [9.17, 15) is 13.2 Å². The highest BCUT2D eigenvalue weighted by atomic mass is 35.5. The molecule has 0 bridgehead atoms. The van der Waals surface area contributed by atoms with Gasteiger partial charge in [0.05, 0.1) is 15.5 Å². The third-order valence-corrected chi connectivity index (χ3v) is 3.79. The van der Waals surface area contributed by atoms with E-state index in [1.165, 1.54) is 12.1 Å². The molecule has 0 spiro atoms. The number of rotatable bonds is 5. The molecule has 5 nitrogen and oxygen atoms in total. The summed E-state index contributed by atoms with van der Waals surface area (Å²) in [6, 6.07) is 3.52. The number of hydrogen-bond donors (Lipinski definition) is 2. The highest BCUT2D eigenvalue weighted by molar-refractivity contribution is 7.89. The lowest BCUT2D eigenvalue weighted by Crippen LogP contribution is -2.24. The van der Waals surface area contributed by atoms with Gasteiger partial charge in [-0.25, -0.2) is 17.9 Å². The second kappa shape index (κ2) is 5.48. The SMILES string of the molecule is CCCNS(=O)(=O)c1ccc(C(=O)O)c(Cl)c1. The van der Waals surface area contributed by atoms with Crippen LogP contribution in [0.25, 0.3) is 0 Å². The van der Waals surface area contributed by atoms with E-state index in [4.69, 9.17) is 16.7 Å². The molecule has 0 atom stereocenters. The van der Waals surface area contributed by atoms with Crippen molar-refractivity contribution < 1.29 is 18.3 Å². The van der Waals surface area contributed by atoms with Crippen molar-refractivity contribution >= 4 is 27.6 Å². The fourth-order valence-electron chi connectivity index (χ4n) is 1.16. The Morgan fingerprint density at radius 2 is 2.12 bits per heavy atom. The summed E-state index contributed by atoms with van der Waals surface area (Å²) in [5, 5.41) is 8.65. The van der Waals surface area contributed by atoms with Gasteiger partial charge in [0.2, 0.25) is 10.0 Å². The molecule has 0 aliphatic rings. The average molecular weight is 278 g/mol. The van der Waals surface area contributed by atoms with Crippen LogP contribution in [0.3, 0.4) is 0 Å². The van der Waals surface area contributed by atoms with Crippen LogP contribution < -0.4 is 4.72 Å². The standard InChI is InChI=1S/C10H12ClNO4S/c1-2-5-12-17(15,16)7-3-4-8(10(13)14)9(11)6-7/h3-4,6,12H,2,5H2,1H3,(H,13,14). The summed E-state index contributed by atoms with van der Waals surface area (Å²) >= 11 is 5.69. The molecule has 0 unspecified atom stereocenters. The van der Waals surface area contributed by atoms with E-state index >= 15 is 0 Å². The fourth-order valence-corrected chi connectivity index (χ4v) is 2.64. The zero-order chi connectivity index (χ0) is 13.1. The smallest absolute Gasteiger partial charge is 0.337 e. The molecule has 1 rings (SSSR count). The molecule has 0 saturated carbocycles. The second-order valence-electron chi connectivity index (χ2n) is 3.34. The minimum Gasteiger partial charge on any atom is -0.478 e. The predicted octanol–water partition coefficient (Wildman–Crippen LogP) is 1.73. The van der Waals surface area contributed by atoms with E-state index < -0.39 is 16.0 Å². The van der Waals surface area contributed by atoms with Crippen molar-refractivity contribution in [1.82, 2.24) is 4.72 Å². The third-order valence-electron chi connectivity index (χ3n) is 2.02. The number of nitrogens with one attached hydrogen (secondary N) is 1. The highest BCUT2D eigenvalue weighted by Gasteiger charge is 2.16. The van der Waals surface area contributed by atoms with Gasteiger partial charge in [-0.1, -0.05) is 18.5 Å². The van der Waals surface area contributed by atoms with Crippen LogP contribution in [0, 0.1) is 0 Å². The van der Waals surface area contributed by atoms with Crippen LogP contribution in [0.15, 0.2) is 23.1 Å². The highest BCUT2D eigenvalue weighted by Crippen LogP contribution is 2.20. The molecule has 17 heavy (non-hydrogen) atoms. The molecular formula is C10H12ClNO4S. The van der Waals surface area contributed by atoms with Crippen LogP contribution in [0.1, 0.15) is 23.7 Å². The predicted molar refractivity (Wildman–Crippen MR) is 63.9 cm³/mol. The molecule has 7 heteroatoms. The van der Waals surface area contributed by atoms with Gasteiger partial charge in [0.1, 0.15) is 0 Å². The summed E-state index contributed by atoms with van der Waals surface area (Å²) in [5.41, 5.74) is -0.124. The van der Waals surface area contributed by atoms with Crippen LogP contribution in [0.2, 0.25) is 5.02 Å². The molecule has 1 aromatic carbocycles. The largest absolute Gasteiger partial charge is 0.478 e. The maximum Gasteiger partial charge on any atom is 0.337 e. The lowest BCUT2D eigenvalue weighted by atomic mass is 10.2. The van der Waals surface area contributed by atoms with Gasteiger partial charge in [0.15, 0.2) is 0 Å². The zero-order valence-corrected chi connectivity index (χ0v) is 10.7. The van der Waals surface area contributed by atoms with Crippen molar-refractivity contribution in [2.75, 3.05) is 6.54 Å². The minimum atomic E-state index is -3.61. The quantitative estimate of drug-likeness (QED) is 0.858. The van der Waals surface area contributed by atoms with Crippen molar-refractivity contribution in [2.45, 2.75) is 18.2 Å². The summed E-state index contributed by atoms with van der Waals surface area (Å²) in [7, 11) is -3.61. The summed E-state index contributed by atoms with van der Waals surface area (Å²) in [5.74, 6) is -1.19. The maximum absolute atomic E-state index is 11.7. The van der Waals surface area contributed by atoms with Crippen LogP contribution in [-0.2, 0) is 10.0 Å². The molecule has 0 aliphatic carbocycles. The Morgan fingerprint density at radius 3 is 2.59 bits per heavy atom.